The van der Waals surface area contributed by atoms with Crippen LogP contribution in [0.5, 0.6) is 5.75 Å². The van der Waals surface area contributed by atoms with Gasteiger partial charge in [0.1, 0.15) is 11.9 Å². The van der Waals surface area contributed by atoms with Crippen LogP contribution in [0.25, 0.3) is 0 Å². The van der Waals surface area contributed by atoms with Gasteiger partial charge in [-0.15, -0.1) is 0 Å². The van der Waals surface area contributed by atoms with Gasteiger partial charge in [0.2, 0.25) is 0 Å². The van der Waals surface area contributed by atoms with Gasteiger partial charge in [-0.25, -0.2) is 0 Å². The van der Waals surface area contributed by atoms with E-state index in [9.17, 15) is 5.11 Å². The molecule has 0 amide bonds. The van der Waals surface area contributed by atoms with Crippen molar-refractivity contribution in [1.29, 1.82) is 0 Å². The number of aliphatic hydroxyl groups is 1. The predicted molar refractivity (Wildman–Crippen MR) is 83.0 cm³/mol. The Balaban J connectivity index is 1.98. The van der Waals surface area contributed by atoms with Crippen LogP contribution in [0.1, 0.15) is 40.9 Å². The normalized spacial score (nSPS) is 21.2. The molecule has 0 aromatic heterocycles. The fraction of sp³-hybridized carbons (Fsp3) is 0.294. The summed E-state index contributed by atoms with van der Waals surface area (Å²) in [7, 11) is 0. The second-order valence-electron chi connectivity index (χ2n) is 5.46. The standard InChI is InChI=1S/C17H17BrO2/c1-10-5-11(2)7-12(6-10)16-9-15(19)14-4-3-13(18)8-17(14)20-16/h3-8,15-16,19H,9H2,1-2H3/t15-,16?/m0/s1. The number of halogens is 1. The van der Waals surface area contributed by atoms with Crippen molar-refractivity contribution in [2.45, 2.75) is 32.5 Å². The van der Waals surface area contributed by atoms with Crippen molar-refractivity contribution in [3.63, 3.8) is 0 Å². The summed E-state index contributed by atoms with van der Waals surface area (Å²) in [6, 6.07) is 12.2. The molecule has 2 aromatic carbocycles. The van der Waals surface area contributed by atoms with E-state index >= 15 is 0 Å². The molecule has 2 aromatic rings. The number of aliphatic hydroxyl groups excluding tert-OH is 1. The topological polar surface area (TPSA) is 29.5 Å². The first kappa shape index (κ1) is 13.7. The molecule has 0 fully saturated rings. The fourth-order valence-electron chi connectivity index (χ4n) is 2.82. The van der Waals surface area contributed by atoms with Crippen molar-refractivity contribution in [2.75, 3.05) is 0 Å². The summed E-state index contributed by atoms with van der Waals surface area (Å²) < 4.78 is 7.05. The van der Waals surface area contributed by atoms with E-state index in [2.05, 4.69) is 48.0 Å². The first-order chi connectivity index (χ1) is 9.52. The van der Waals surface area contributed by atoms with E-state index in [1.54, 1.807) is 0 Å². The zero-order valence-corrected chi connectivity index (χ0v) is 13.1. The van der Waals surface area contributed by atoms with Gasteiger partial charge in [-0.05, 0) is 31.5 Å². The summed E-state index contributed by atoms with van der Waals surface area (Å²) in [6.07, 6.45) is 0.0282. The Morgan fingerprint density at radius 1 is 1.10 bits per heavy atom. The van der Waals surface area contributed by atoms with E-state index in [0.717, 1.165) is 21.3 Å². The monoisotopic (exact) mass is 332 g/mol. The highest BCUT2D eigenvalue weighted by Gasteiger charge is 2.28. The molecule has 2 atom stereocenters. The summed E-state index contributed by atoms with van der Waals surface area (Å²) in [5.74, 6) is 0.766. The number of benzene rings is 2. The molecule has 1 aliphatic heterocycles. The van der Waals surface area contributed by atoms with Crippen LogP contribution >= 0.6 is 15.9 Å². The molecule has 0 bridgehead atoms. The summed E-state index contributed by atoms with van der Waals surface area (Å²) in [4.78, 5) is 0. The molecule has 0 spiro atoms. The van der Waals surface area contributed by atoms with Gasteiger partial charge in [0.05, 0.1) is 6.10 Å². The Morgan fingerprint density at radius 2 is 1.80 bits per heavy atom. The second-order valence-corrected chi connectivity index (χ2v) is 6.38. The second kappa shape index (κ2) is 5.23. The molecule has 1 aliphatic rings. The Hall–Kier alpha value is -1.32. The molecule has 20 heavy (non-hydrogen) atoms. The predicted octanol–water partition coefficient (Wildman–Crippen LogP) is 4.62. The fourth-order valence-corrected chi connectivity index (χ4v) is 3.16. The lowest BCUT2D eigenvalue weighted by molar-refractivity contribution is 0.0656. The third-order valence-electron chi connectivity index (χ3n) is 3.66. The maximum atomic E-state index is 10.3. The molecule has 1 heterocycles. The SMILES string of the molecule is Cc1cc(C)cc(C2C[C@H](O)c3ccc(Br)cc3O2)c1. The van der Waals surface area contributed by atoms with E-state index in [-0.39, 0.29) is 6.10 Å². The summed E-state index contributed by atoms with van der Waals surface area (Å²) in [5, 5.41) is 10.3. The zero-order valence-electron chi connectivity index (χ0n) is 11.6. The lowest BCUT2D eigenvalue weighted by Crippen LogP contribution is -2.19. The summed E-state index contributed by atoms with van der Waals surface area (Å²) >= 11 is 3.45. The van der Waals surface area contributed by atoms with Crippen LogP contribution in [0.4, 0.5) is 0 Å². The van der Waals surface area contributed by atoms with E-state index in [0.29, 0.717) is 6.42 Å². The van der Waals surface area contributed by atoms with Crippen molar-refractivity contribution >= 4 is 15.9 Å². The van der Waals surface area contributed by atoms with Crippen LogP contribution in [-0.4, -0.2) is 5.11 Å². The van der Waals surface area contributed by atoms with Gasteiger partial charge in [-0.3, -0.25) is 0 Å². The molecular formula is C17H17BrO2. The molecule has 3 rings (SSSR count). The quantitative estimate of drug-likeness (QED) is 0.825. The molecule has 0 aliphatic carbocycles. The van der Waals surface area contributed by atoms with E-state index < -0.39 is 6.10 Å². The number of fused-ring (bicyclic) bond motifs is 1. The van der Waals surface area contributed by atoms with Gasteiger partial charge in [-0.2, -0.15) is 0 Å². The first-order valence-corrected chi connectivity index (χ1v) is 7.54. The Bertz CT molecular complexity index is 631. The van der Waals surface area contributed by atoms with Gasteiger partial charge in [-0.1, -0.05) is 51.3 Å². The zero-order chi connectivity index (χ0) is 14.3. The van der Waals surface area contributed by atoms with Crippen molar-refractivity contribution in [1.82, 2.24) is 0 Å². The first-order valence-electron chi connectivity index (χ1n) is 6.75. The minimum atomic E-state index is -0.474. The van der Waals surface area contributed by atoms with Gasteiger partial charge in [0.15, 0.2) is 0 Å². The highest BCUT2D eigenvalue weighted by molar-refractivity contribution is 9.10. The molecule has 1 unspecified atom stereocenters. The number of ether oxygens (including phenoxy) is 1. The van der Waals surface area contributed by atoms with Crippen molar-refractivity contribution in [2.24, 2.45) is 0 Å². The van der Waals surface area contributed by atoms with Crippen LogP contribution in [0.3, 0.4) is 0 Å². The third-order valence-corrected chi connectivity index (χ3v) is 4.15. The minimum Gasteiger partial charge on any atom is -0.485 e. The van der Waals surface area contributed by atoms with Crippen LogP contribution < -0.4 is 4.74 Å². The molecule has 0 saturated carbocycles. The molecule has 104 valence electrons. The highest BCUT2D eigenvalue weighted by Crippen LogP contribution is 2.42. The van der Waals surface area contributed by atoms with E-state index in [1.807, 2.05) is 18.2 Å². The average molecular weight is 333 g/mol. The molecule has 0 saturated heterocycles. The molecule has 1 N–H and O–H groups in total. The number of hydrogen-bond donors (Lipinski definition) is 1. The van der Waals surface area contributed by atoms with E-state index in [4.69, 9.17) is 4.74 Å². The molecule has 3 heteroatoms. The number of rotatable bonds is 1. The largest absolute Gasteiger partial charge is 0.485 e. The highest BCUT2D eigenvalue weighted by atomic mass is 79.9. The number of hydrogen-bond acceptors (Lipinski definition) is 2. The third kappa shape index (κ3) is 2.60. The van der Waals surface area contributed by atoms with Gasteiger partial charge >= 0.3 is 0 Å². The average Bonchev–Trinajstić information content (AvgIpc) is 2.36. The summed E-state index contributed by atoms with van der Waals surface area (Å²) in [5.41, 5.74) is 4.44. The molecule has 0 radical (unpaired) electrons. The molecular weight excluding hydrogens is 316 g/mol. The maximum Gasteiger partial charge on any atom is 0.127 e. The lowest BCUT2D eigenvalue weighted by atomic mass is 9.93. The molecule has 2 nitrogen and oxygen atoms in total. The minimum absolute atomic E-state index is 0.0922. The Labute approximate surface area is 127 Å². The van der Waals surface area contributed by atoms with Crippen molar-refractivity contribution in [3.8, 4) is 5.75 Å². The van der Waals surface area contributed by atoms with Gasteiger partial charge < -0.3 is 9.84 Å². The van der Waals surface area contributed by atoms with Gasteiger partial charge in [0.25, 0.3) is 0 Å². The van der Waals surface area contributed by atoms with Gasteiger partial charge in [0, 0.05) is 16.5 Å². The van der Waals surface area contributed by atoms with Crippen LogP contribution in [0.2, 0.25) is 0 Å². The van der Waals surface area contributed by atoms with Crippen molar-refractivity contribution in [3.05, 3.63) is 63.1 Å². The van der Waals surface area contributed by atoms with E-state index in [1.165, 1.54) is 11.1 Å². The lowest BCUT2D eigenvalue weighted by Gasteiger charge is -2.30. The summed E-state index contributed by atoms with van der Waals surface area (Å²) in [6.45, 7) is 4.17. The Kier molecular flexibility index (Phi) is 3.57. The maximum absolute atomic E-state index is 10.3. The van der Waals surface area contributed by atoms with Crippen LogP contribution in [0, 0.1) is 13.8 Å². The Morgan fingerprint density at radius 3 is 2.50 bits per heavy atom. The van der Waals surface area contributed by atoms with Crippen LogP contribution in [-0.2, 0) is 0 Å². The van der Waals surface area contributed by atoms with Crippen molar-refractivity contribution < 1.29 is 9.84 Å². The van der Waals surface area contributed by atoms with Crippen LogP contribution in [0.15, 0.2) is 40.9 Å². The smallest absolute Gasteiger partial charge is 0.127 e. The number of aryl methyl sites for hydroxylation is 2.